The van der Waals surface area contributed by atoms with E-state index in [9.17, 15) is 4.79 Å². The van der Waals surface area contributed by atoms with Crippen LogP contribution in [-0.2, 0) is 9.53 Å². The lowest BCUT2D eigenvalue weighted by Crippen LogP contribution is -2.38. The number of carbonyl (C=O) groups is 1. The number of nitrogens with one attached hydrogen (secondary N) is 1. The molecule has 3 nitrogen and oxygen atoms in total. The number of ether oxygens (including phenoxy) is 1. The van der Waals surface area contributed by atoms with Gasteiger partial charge in [0.25, 0.3) is 0 Å². The van der Waals surface area contributed by atoms with Gasteiger partial charge in [-0.2, -0.15) is 0 Å². The zero-order valence-corrected chi connectivity index (χ0v) is 10.3. The van der Waals surface area contributed by atoms with Crippen molar-refractivity contribution in [3.63, 3.8) is 0 Å². The van der Waals surface area contributed by atoms with Gasteiger partial charge in [-0.1, -0.05) is 37.3 Å². The van der Waals surface area contributed by atoms with E-state index in [-0.39, 0.29) is 12.0 Å². The van der Waals surface area contributed by atoms with E-state index in [0.29, 0.717) is 12.0 Å². The summed E-state index contributed by atoms with van der Waals surface area (Å²) in [6.45, 7) is 1.99. The van der Waals surface area contributed by atoms with Crippen LogP contribution in [0.15, 0.2) is 30.3 Å². The quantitative estimate of drug-likeness (QED) is 0.791. The standard InChI is InChI=1S/C14H19NO2/c1-3-12(14(16)17-2)15-13-9-11(13)10-7-5-4-6-8-10/h4-8,11-13,15H,3,9H2,1-2H3. The van der Waals surface area contributed by atoms with Gasteiger partial charge in [0.2, 0.25) is 0 Å². The SMILES string of the molecule is CCC(NC1CC1c1ccccc1)C(=O)OC. The molecule has 1 aromatic carbocycles. The molecule has 0 aromatic heterocycles. The third-order valence-corrected chi connectivity index (χ3v) is 3.33. The minimum Gasteiger partial charge on any atom is -0.468 e. The van der Waals surface area contributed by atoms with Crippen molar-refractivity contribution in [1.29, 1.82) is 0 Å². The van der Waals surface area contributed by atoms with Crippen LogP contribution in [0.3, 0.4) is 0 Å². The van der Waals surface area contributed by atoms with Gasteiger partial charge in [-0.25, -0.2) is 0 Å². The number of carbonyl (C=O) groups excluding carboxylic acids is 1. The molecule has 3 unspecified atom stereocenters. The molecule has 0 radical (unpaired) electrons. The Hall–Kier alpha value is -1.35. The van der Waals surface area contributed by atoms with Crippen LogP contribution in [0, 0.1) is 0 Å². The van der Waals surface area contributed by atoms with Gasteiger partial charge in [-0.15, -0.1) is 0 Å². The summed E-state index contributed by atoms with van der Waals surface area (Å²) in [5.41, 5.74) is 1.35. The number of esters is 1. The Bertz CT molecular complexity index is 377. The number of hydrogen-bond acceptors (Lipinski definition) is 3. The normalized spacial score (nSPS) is 24.1. The number of benzene rings is 1. The van der Waals surface area contributed by atoms with E-state index in [1.165, 1.54) is 12.7 Å². The van der Waals surface area contributed by atoms with Crippen molar-refractivity contribution in [3.05, 3.63) is 35.9 Å². The van der Waals surface area contributed by atoms with E-state index in [2.05, 4.69) is 29.6 Å². The summed E-state index contributed by atoms with van der Waals surface area (Å²) in [6.07, 6.45) is 1.88. The first-order valence-electron chi connectivity index (χ1n) is 6.15. The van der Waals surface area contributed by atoms with Crippen LogP contribution < -0.4 is 5.32 Å². The Morgan fingerprint density at radius 2 is 2.18 bits per heavy atom. The zero-order chi connectivity index (χ0) is 12.3. The Labute approximate surface area is 102 Å². The Kier molecular flexibility index (Phi) is 3.79. The highest BCUT2D eigenvalue weighted by molar-refractivity contribution is 5.75. The maximum atomic E-state index is 11.5. The van der Waals surface area contributed by atoms with Gasteiger partial charge in [-0.05, 0) is 18.4 Å². The van der Waals surface area contributed by atoms with Crippen LogP contribution in [0.2, 0.25) is 0 Å². The first-order chi connectivity index (χ1) is 8.26. The average Bonchev–Trinajstić information content (AvgIpc) is 3.15. The van der Waals surface area contributed by atoms with Crippen molar-refractivity contribution < 1.29 is 9.53 Å². The Balaban J connectivity index is 1.89. The highest BCUT2D eigenvalue weighted by atomic mass is 16.5. The third-order valence-electron chi connectivity index (χ3n) is 3.33. The Morgan fingerprint density at radius 1 is 1.47 bits per heavy atom. The first kappa shape index (κ1) is 12.1. The van der Waals surface area contributed by atoms with E-state index in [4.69, 9.17) is 4.74 Å². The second-order valence-electron chi connectivity index (χ2n) is 4.51. The average molecular weight is 233 g/mol. The van der Waals surface area contributed by atoms with Crippen molar-refractivity contribution in [2.45, 2.75) is 37.8 Å². The molecular formula is C14H19NO2. The molecule has 0 spiro atoms. The fraction of sp³-hybridized carbons (Fsp3) is 0.500. The molecule has 3 atom stereocenters. The molecular weight excluding hydrogens is 214 g/mol. The van der Waals surface area contributed by atoms with Gasteiger partial charge in [0.15, 0.2) is 0 Å². The maximum Gasteiger partial charge on any atom is 0.322 e. The number of methoxy groups -OCH3 is 1. The summed E-state index contributed by atoms with van der Waals surface area (Å²) in [5, 5.41) is 3.37. The smallest absolute Gasteiger partial charge is 0.322 e. The lowest BCUT2D eigenvalue weighted by molar-refractivity contribution is -0.143. The number of rotatable bonds is 5. The summed E-state index contributed by atoms with van der Waals surface area (Å²) in [7, 11) is 1.44. The molecule has 0 bridgehead atoms. The van der Waals surface area contributed by atoms with E-state index in [0.717, 1.165) is 12.8 Å². The van der Waals surface area contributed by atoms with Crippen LogP contribution in [0.1, 0.15) is 31.2 Å². The van der Waals surface area contributed by atoms with Gasteiger partial charge in [0.1, 0.15) is 6.04 Å². The predicted octanol–water partition coefficient (Wildman–Crippen LogP) is 2.08. The lowest BCUT2D eigenvalue weighted by atomic mass is 10.1. The number of hydrogen-bond donors (Lipinski definition) is 1. The molecule has 1 aliphatic carbocycles. The molecule has 92 valence electrons. The molecule has 1 aromatic rings. The van der Waals surface area contributed by atoms with Gasteiger partial charge < -0.3 is 10.1 Å². The van der Waals surface area contributed by atoms with Gasteiger partial charge >= 0.3 is 5.97 Å². The molecule has 1 aliphatic rings. The highest BCUT2D eigenvalue weighted by Crippen LogP contribution is 2.40. The molecule has 0 aliphatic heterocycles. The maximum absolute atomic E-state index is 11.5. The van der Waals surface area contributed by atoms with Crippen LogP contribution in [-0.4, -0.2) is 25.2 Å². The van der Waals surface area contributed by atoms with Crippen molar-refractivity contribution in [2.75, 3.05) is 7.11 Å². The minimum atomic E-state index is -0.168. The largest absolute Gasteiger partial charge is 0.468 e. The van der Waals surface area contributed by atoms with Crippen molar-refractivity contribution in [3.8, 4) is 0 Å². The van der Waals surface area contributed by atoms with E-state index in [1.807, 2.05) is 13.0 Å². The van der Waals surface area contributed by atoms with Crippen LogP contribution >= 0.6 is 0 Å². The minimum absolute atomic E-state index is 0.161. The van der Waals surface area contributed by atoms with E-state index in [1.54, 1.807) is 0 Å². The molecule has 0 saturated heterocycles. The van der Waals surface area contributed by atoms with Crippen molar-refractivity contribution in [2.24, 2.45) is 0 Å². The monoisotopic (exact) mass is 233 g/mol. The lowest BCUT2D eigenvalue weighted by Gasteiger charge is -2.14. The van der Waals surface area contributed by atoms with Gasteiger partial charge in [0.05, 0.1) is 7.11 Å². The van der Waals surface area contributed by atoms with Crippen LogP contribution in [0.5, 0.6) is 0 Å². The second-order valence-corrected chi connectivity index (χ2v) is 4.51. The van der Waals surface area contributed by atoms with E-state index >= 15 is 0 Å². The first-order valence-corrected chi connectivity index (χ1v) is 6.15. The molecule has 1 N–H and O–H groups in total. The molecule has 1 saturated carbocycles. The van der Waals surface area contributed by atoms with E-state index < -0.39 is 0 Å². The molecule has 2 rings (SSSR count). The summed E-state index contributed by atoms with van der Waals surface area (Å²) in [4.78, 5) is 11.5. The summed E-state index contributed by atoms with van der Waals surface area (Å²) < 4.78 is 4.77. The second kappa shape index (κ2) is 5.32. The van der Waals surface area contributed by atoms with Crippen molar-refractivity contribution in [1.82, 2.24) is 5.32 Å². The van der Waals surface area contributed by atoms with Crippen LogP contribution in [0.4, 0.5) is 0 Å². The van der Waals surface area contributed by atoms with Gasteiger partial charge in [-0.3, -0.25) is 4.79 Å². The molecule has 0 heterocycles. The van der Waals surface area contributed by atoms with Gasteiger partial charge in [0, 0.05) is 12.0 Å². The summed E-state index contributed by atoms with van der Waals surface area (Å²) >= 11 is 0. The molecule has 17 heavy (non-hydrogen) atoms. The Morgan fingerprint density at radius 3 is 2.76 bits per heavy atom. The van der Waals surface area contributed by atoms with Crippen molar-refractivity contribution >= 4 is 5.97 Å². The molecule has 0 amide bonds. The van der Waals surface area contributed by atoms with Crippen LogP contribution in [0.25, 0.3) is 0 Å². The zero-order valence-electron chi connectivity index (χ0n) is 10.3. The topological polar surface area (TPSA) is 38.3 Å². The molecule has 3 heteroatoms. The summed E-state index contributed by atoms with van der Waals surface area (Å²) in [5.74, 6) is 0.390. The summed E-state index contributed by atoms with van der Waals surface area (Å²) in [6, 6.07) is 10.7. The third kappa shape index (κ3) is 2.86. The fourth-order valence-corrected chi connectivity index (χ4v) is 2.20. The molecule has 1 fully saturated rings. The predicted molar refractivity (Wildman–Crippen MR) is 66.8 cm³/mol. The highest BCUT2D eigenvalue weighted by Gasteiger charge is 2.40. The fourth-order valence-electron chi connectivity index (χ4n) is 2.20.